The average molecular weight is 307 g/mol. The van der Waals surface area contributed by atoms with Gasteiger partial charge in [-0.05, 0) is 44.5 Å². The lowest BCUT2D eigenvalue weighted by molar-refractivity contribution is 0.0951. The first kappa shape index (κ1) is 15.6. The maximum atomic E-state index is 12.1. The molecular weight excluding hydrogens is 288 g/mol. The van der Waals surface area contributed by atoms with Crippen LogP contribution in [0.4, 0.5) is 0 Å². The third-order valence-corrected chi connectivity index (χ3v) is 3.55. The maximum absolute atomic E-state index is 12.1. The van der Waals surface area contributed by atoms with Crippen molar-refractivity contribution in [3.05, 3.63) is 46.7 Å². The average Bonchev–Trinajstić information content (AvgIpc) is 2.86. The van der Waals surface area contributed by atoms with E-state index in [2.05, 4.69) is 5.32 Å². The summed E-state index contributed by atoms with van der Waals surface area (Å²) in [6.07, 6.45) is 1.77. The number of carbonyl (C=O) groups excluding carboxylic acids is 1. The van der Waals surface area contributed by atoms with Gasteiger partial charge in [0.2, 0.25) is 0 Å². The standard InChI is InChI=1S/C16H19ClN2O2/c1-11-13(16(20)19-9-5-4-8-18)10-15(21-11)12-6-2-3-7-14(12)17/h2-3,6-7,10H,4-5,8-9,18H2,1H3,(H,19,20). The van der Waals surface area contributed by atoms with E-state index in [0.717, 1.165) is 18.4 Å². The van der Waals surface area contributed by atoms with Crippen LogP contribution in [0.25, 0.3) is 11.3 Å². The third kappa shape index (κ3) is 3.86. The highest BCUT2D eigenvalue weighted by molar-refractivity contribution is 6.33. The molecule has 0 aliphatic rings. The summed E-state index contributed by atoms with van der Waals surface area (Å²) in [6.45, 7) is 3.02. The van der Waals surface area contributed by atoms with Gasteiger partial charge in [0.05, 0.1) is 10.6 Å². The van der Waals surface area contributed by atoms with Crippen molar-refractivity contribution in [2.45, 2.75) is 19.8 Å². The molecule has 5 heteroatoms. The Bertz CT molecular complexity index is 622. The molecule has 0 aliphatic heterocycles. The van der Waals surface area contributed by atoms with Crippen LogP contribution in [-0.4, -0.2) is 19.0 Å². The molecule has 1 amide bonds. The van der Waals surface area contributed by atoms with Crippen LogP contribution in [0.2, 0.25) is 5.02 Å². The van der Waals surface area contributed by atoms with Gasteiger partial charge in [0.15, 0.2) is 0 Å². The first-order valence-electron chi connectivity index (χ1n) is 6.97. The molecule has 2 aromatic rings. The second kappa shape index (κ2) is 7.29. The van der Waals surface area contributed by atoms with Crippen LogP contribution in [0.1, 0.15) is 29.0 Å². The van der Waals surface area contributed by atoms with Crippen molar-refractivity contribution in [3.63, 3.8) is 0 Å². The monoisotopic (exact) mass is 306 g/mol. The minimum atomic E-state index is -0.133. The van der Waals surface area contributed by atoms with E-state index >= 15 is 0 Å². The van der Waals surface area contributed by atoms with Crippen LogP contribution < -0.4 is 11.1 Å². The van der Waals surface area contributed by atoms with Gasteiger partial charge in [0, 0.05) is 12.1 Å². The zero-order valence-electron chi connectivity index (χ0n) is 12.0. The Labute approximate surface area is 129 Å². The minimum absolute atomic E-state index is 0.133. The molecule has 0 saturated carbocycles. The lowest BCUT2D eigenvalue weighted by Gasteiger charge is -2.02. The third-order valence-electron chi connectivity index (χ3n) is 3.22. The zero-order chi connectivity index (χ0) is 15.2. The Kier molecular flexibility index (Phi) is 5.42. The Balaban J connectivity index is 2.12. The summed E-state index contributed by atoms with van der Waals surface area (Å²) in [7, 11) is 0. The fourth-order valence-corrected chi connectivity index (χ4v) is 2.30. The van der Waals surface area contributed by atoms with E-state index in [9.17, 15) is 4.79 Å². The number of hydrogen-bond donors (Lipinski definition) is 2. The topological polar surface area (TPSA) is 68.3 Å². The van der Waals surface area contributed by atoms with Gasteiger partial charge in [0.25, 0.3) is 5.91 Å². The second-order valence-corrected chi connectivity index (χ2v) is 5.22. The van der Waals surface area contributed by atoms with E-state index in [0.29, 0.717) is 35.2 Å². The highest BCUT2D eigenvalue weighted by Crippen LogP contribution is 2.30. The van der Waals surface area contributed by atoms with Crippen molar-refractivity contribution in [1.82, 2.24) is 5.32 Å². The highest BCUT2D eigenvalue weighted by atomic mass is 35.5. The molecule has 1 heterocycles. The van der Waals surface area contributed by atoms with E-state index in [4.69, 9.17) is 21.8 Å². The quantitative estimate of drug-likeness (QED) is 0.804. The van der Waals surface area contributed by atoms with Crippen molar-refractivity contribution in [3.8, 4) is 11.3 Å². The molecular formula is C16H19ClN2O2. The number of nitrogens with two attached hydrogens (primary N) is 1. The molecule has 1 aromatic heterocycles. The number of halogens is 1. The number of unbranched alkanes of at least 4 members (excludes halogenated alkanes) is 1. The van der Waals surface area contributed by atoms with Crippen LogP contribution >= 0.6 is 11.6 Å². The van der Waals surface area contributed by atoms with Gasteiger partial charge >= 0.3 is 0 Å². The number of nitrogens with one attached hydrogen (secondary N) is 1. The van der Waals surface area contributed by atoms with Gasteiger partial charge in [-0.25, -0.2) is 0 Å². The van der Waals surface area contributed by atoms with Crippen LogP contribution in [0.5, 0.6) is 0 Å². The van der Waals surface area contributed by atoms with Crippen molar-refractivity contribution in [1.29, 1.82) is 0 Å². The summed E-state index contributed by atoms with van der Waals surface area (Å²) in [5.41, 5.74) is 6.74. The van der Waals surface area contributed by atoms with Crippen molar-refractivity contribution >= 4 is 17.5 Å². The fraction of sp³-hybridized carbons (Fsp3) is 0.312. The molecule has 0 atom stereocenters. The van der Waals surface area contributed by atoms with Gasteiger partial charge in [-0.1, -0.05) is 23.7 Å². The molecule has 1 aromatic carbocycles. The van der Waals surface area contributed by atoms with Crippen LogP contribution in [0.15, 0.2) is 34.7 Å². The SMILES string of the molecule is Cc1oc(-c2ccccc2Cl)cc1C(=O)NCCCCN. The molecule has 3 N–H and O–H groups in total. The fourth-order valence-electron chi connectivity index (χ4n) is 2.07. The van der Waals surface area contributed by atoms with Crippen molar-refractivity contribution in [2.75, 3.05) is 13.1 Å². The Morgan fingerprint density at radius 1 is 1.33 bits per heavy atom. The van der Waals surface area contributed by atoms with Crippen molar-refractivity contribution in [2.24, 2.45) is 5.73 Å². The Morgan fingerprint density at radius 2 is 2.10 bits per heavy atom. The first-order valence-corrected chi connectivity index (χ1v) is 7.35. The largest absolute Gasteiger partial charge is 0.460 e. The summed E-state index contributed by atoms with van der Waals surface area (Å²) >= 11 is 6.15. The van der Waals surface area contributed by atoms with E-state index in [1.54, 1.807) is 19.1 Å². The molecule has 0 radical (unpaired) electrons. The predicted molar refractivity (Wildman–Crippen MR) is 84.5 cm³/mol. The lowest BCUT2D eigenvalue weighted by Crippen LogP contribution is -2.25. The van der Waals surface area contributed by atoms with E-state index in [-0.39, 0.29) is 5.91 Å². The van der Waals surface area contributed by atoms with Gasteiger partial charge < -0.3 is 15.5 Å². The summed E-state index contributed by atoms with van der Waals surface area (Å²) in [5.74, 6) is 1.05. The smallest absolute Gasteiger partial charge is 0.254 e. The van der Waals surface area contributed by atoms with Gasteiger partial charge in [0.1, 0.15) is 11.5 Å². The van der Waals surface area contributed by atoms with Crippen LogP contribution in [0, 0.1) is 6.92 Å². The molecule has 0 bridgehead atoms. The van der Waals surface area contributed by atoms with E-state index < -0.39 is 0 Å². The molecule has 2 rings (SSSR count). The van der Waals surface area contributed by atoms with E-state index in [1.807, 2.05) is 18.2 Å². The number of benzene rings is 1. The van der Waals surface area contributed by atoms with Crippen LogP contribution in [-0.2, 0) is 0 Å². The number of furan rings is 1. The number of rotatable bonds is 6. The summed E-state index contributed by atoms with van der Waals surface area (Å²) in [4.78, 5) is 12.1. The minimum Gasteiger partial charge on any atom is -0.460 e. The van der Waals surface area contributed by atoms with Gasteiger partial charge in [-0.3, -0.25) is 4.79 Å². The maximum Gasteiger partial charge on any atom is 0.254 e. The Morgan fingerprint density at radius 3 is 2.81 bits per heavy atom. The molecule has 4 nitrogen and oxygen atoms in total. The summed E-state index contributed by atoms with van der Waals surface area (Å²) < 4.78 is 5.66. The number of carbonyl (C=O) groups is 1. The molecule has 0 spiro atoms. The van der Waals surface area contributed by atoms with Gasteiger partial charge in [-0.15, -0.1) is 0 Å². The molecule has 0 fully saturated rings. The predicted octanol–water partition coefficient (Wildman–Crippen LogP) is 3.38. The number of aryl methyl sites for hydroxylation is 1. The molecule has 112 valence electrons. The van der Waals surface area contributed by atoms with E-state index in [1.165, 1.54) is 0 Å². The summed E-state index contributed by atoms with van der Waals surface area (Å²) in [5, 5.41) is 3.46. The molecule has 0 aliphatic carbocycles. The number of hydrogen-bond acceptors (Lipinski definition) is 3. The normalized spacial score (nSPS) is 10.6. The summed E-state index contributed by atoms with van der Waals surface area (Å²) in [6, 6.07) is 9.12. The Hall–Kier alpha value is -1.78. The molecule has 0 saturated heterocycles. The van der Waals surface area contributed by atoms with Gasteiger partial charge in [-0.2, -0.15) is 0 Å². The number of amides is 1. The van der Waals surface area contributed by atoms with Crippen LogP contribution in [0.3, 0.4) is 0 Å². The molecule has 21 heavy (non-hydrogen) atoms. The molecule has 0 unspecified atom stereocenters. The second-order valence-electron chi connectivity index (χ2n) is 4.81. The highest BCUT2D eigenvalue weighted by Gasteiger charge is 2.16. The lowest BCUT2D eigenvalue weighted by atomic mass is 10.1. The van der Waals surface area contributed by atoms with Crippen molar-refractivity contribution < 1.29 is 9.21 Å². The zero-order valence-corrected chi connectivity index (χ0v) is 12.7. The first-order chi connectivity index (χ1) is 10.1.